The van der Waals surface area contributed by atoms with Gasteiger partial charge in [-0.2, -0.15) is 18.3 Å². The SMILES string of the molecule is FC(F)(F)c1cnc2[nH]c(-c3cccc(N4CCOCC4)c3)cc2c1-c1cn[nH]c1. The van der Waals surface area contributed by atoms with E-state index in [2.05, 4.69) is 25.1 Å². The van der Waals surface area contributed by atoms with E-state index in [1.807, 2.05) is 24.3 Å². The van der Waals surface area contributed by atoms with E-state index in [-0.39, 0.29) is 5.56 Å². The van der Waals surface area contributed by atoms with Crippen molar-refractivity contribution in [3.05, 3.63) is 54.5 Å². The van der Waals surface area contributed by atoms with Gasteiger partial charge in [0.15, 0.2) is 0 Å². The van der Waals surface area contributed by atoms with Crippen molar-refractivity contribution in [2.24, 2.45) is 0 Å². The number of morpholine rings is 1. The summed E-state index contributed by atoms with van der Waals surface area (Å²) in [6.07, 6.45) is -0.817. The zero-order chi connectivity index (χ0) is 20.7. The molecule has 1 aliphatic heterocycles. The van der Waals surface area contributed by atoms with E-state index < -0.39 is 11.7 Å². The summed E-state index contributed by atoms with van der Waals surface area (Å²) >= 11 is 0. The fourth-order valence-electron chi connectivity index (χ4n) is 3.84. The number of aromatic amines is 2. The second kappa shape index (κ2) is 7.17. The van der Waals surface area contributed by atoms with Gasteiger partial charge < -0.3 is 14.6 Å². The molecule has 0 unspecified atom stereocenters. The summed E-state index contributed by atoms with van der Waals surface area (Å²) < 4.78 is 46.4. The molecule has 0 radical (unpaired) electrons. The van der Waals surface area contributed by atoms with Crippen molar-refractivity contribution in [2.45, 2.75) is 6.18 Å². The highest BCUT2D eigenvalue weighted by atomic mass is 19.4. The predicted octanol–water partition coefficient (Wildman–Crippen LogP) is 4.48. The Hall–Kier alpha value is -3.33. The third-order valence-electron chi connectivity index (χ3n) is 5.28. The van der Waals surface area contributed by atoms with Crippen LogP contribution in [0, 0.1) is 0 Å². The van der Waals surface area contributed by atoms with Gasteiger partial charge in [-0.25, -0.2) is 4.98 Å². The van der Waals surface area contributed by atoms with Crippen LogP contribution in [0.2, 0.25) is 0 Å². The van der Waals surface area contributed by atoms with Crippen LogP contribution in [-0.2, 0) is 10.9 Å². The Labute approximate surface area is 169 Å². The van der Waals surface area contributed by atoms with Crippen LogP contribution >= 0.6 is 0 Å². The van der Waals surface area contributed by atoms with Crippen LogP contribution in [0.5, 0.6) is 0 Å². The third kappa shape index (κ3) is 3.30. The molecule has 2 N–H and O–H groups in total. The van der Waals surface area contributed by atoms with E-state index >= 15 is 0 Å². The second-order valence-electron chi connectivity index (χ2n) is 7.13. The standard InChI is InChI=1S/C21H18F3N5O/c22-21(23,24)17-12-25-20-16(19(17)14-10-26-27-11-14)9-18(28-20)13-2-1-3-15(8-13)29-4-6-30-7-5-29/h1-3,8-12H,4-7H2,(H,25,28)(H,26,27). The average Bonchev–Trinajstić information content (AvgIpc) is 3.43. The van der Waals surface area contributed by atoms with Gasteiger partial charge in [0.05, 0.1) is 25.0 Å². The van der Waals surface area contributed by atoms with Crippen LogP contribution in [0.4, 0.5) is 18.9 Å². The lowest BCUT2D eigenvalue weighted by Gasteiger charge is -2.29. The van der Waals surface area contributed by atoms with E-state index in [0.29, 0.717) is 35.5 Å². The maximum atomic E-state index is 13.7. The molecule has 3 aromatic heterocycles. The smallest absolute Gasteiger partial charge is 0.378 e. The quantitative estimate of drug-likeness (QED) is 0.520. The summed E-state index contributed by atoms with van der Waals surface area (Å²) in [6.45, 7) is 2.96. The minimum atomic E-state index is -4.53. The van der Waals surface area contributed by atoms with E-state index in [9.17, 15) is 13.2 Å². The van der Waals surface area contributed by atoms with Crippen LogP contribution in [0.1, 0.15) is 5.56 Å². The first-order chi connectivity index (χ1) is 14.5. The van der Waals surface area contributed by atoms with Crippen LogP contribution < -0.4 is 4.90 Å². The van der Waals surface area contributed by atoms with Crippen molar-refractivity contribution >= 4 is 16.7 Å². The van der Waals surface area contributed by atoms with Crippen LogP contribution in [-0.4, -0.2) is 46.5 Å². The highest BCUT2D eigenvalue weighted by Crippen LogP contribution is 2.41. The minimum absolute atomic E-state index is 0.0630. The Morgan fingerprint density at radius 1 is 1.03 bits per heavy atom. The Morgan fingerprint density at radius 3 is 2.60 bits per heavy atom. The number of pyridine rings is 1. The molecule has 0 spiro atoms. The average molecular weight is 413 g/mol. The molecule has 1 fully saturated rings. The number of benzene rings is 1. The van der Waals surface area contributed by atoms with Gasteiger partial charge in [-0.15, -0.1) is 0 Å². The summed E-state index contributed by atoms with van der Waals surface area (Å²) in [6, 6.07) is 9.64. The maximum absolute atomic E-state index is 13.7. The maximum Gasteiger partial charge on any atom is 0.418 e. The number of nitrogens with one attached hydrogen (secondary N) is 2. The lowest BCUT2D eigenvalue weighted by molar-refractivity contribution is -0.137. The molecule has 154 valence electrons. The van der Waals surface area contributed by atoms with Crippen molar-refractivity contribution in [3.63, 3.8) is 0 Å². The molecule has 4 heterocycles. The Balaban J connectivity index is 1.63. The topological polar surface area (TPSA) is 69.8 Å². The molecule has 0 atom stereocenters. The van der Waals surface area contributed by atoms with Crippen LogP contribution in [0.3, 0.4) is 0 Å². The number of anilines is 1. The molecule has 0 saturated carbocycles. The summed E-state index contributed by atoms with van der Waals surface area (Å²) in [4.78, 5) is 9.44. The lowest BCUT2D eigenvalue weighted by atomic mass is 10.0. The first-order valence-electron chi connectivity index (χ1n) is 9.52. The molecule has 0 amide bonds. The molecule has 0 bridgehead atoms. The zero-order valence-corrected chi connectivity index (χ0v) is 15.8. The van der Waals surface area contributed by atoms with Crippen molar-refractivity contribution in [3.8, 4) is 22.4 Å². The fraction of sp³-hybridized carbons (Fsp3) is 0.238. The summed E-state index contributed by atoms with van der Waals surface area (Å²) in [5, 5.41) is 6.81. The molecule has 5 rings (SSSR count). The van der Waals surface area contributed by atoms with Crippen molar-refractivity contribution in [2.75, 3.05) is 31.2 Å². The molecule has 6 nitrogen and oxygen atoms in total. The minimum Gasteiger partial charge on any atom is -0.378 e. The fourth-order valence-corrected chi connectivity index (χ4v) is 3.84. The molecule has 1 aliphatic rings. The summed E-state index contributed by atoms with van der Waals surface area (Å²) in [5.74, 6) is 0. The van der Waals surface area contributed by atoms with Gasteiger partial charge >= 0.3 is 6.18 Å². The van der Waals surface area contributed by atoms with Crippen molar-refractivity contribution in [1.82, 2.24) is 20.2 Å². The number of H-pyrrole nitrogens is 2. The molecule has 9 heteroatoms. The van der Waals surface area contributed by atoms with Gasteiger partial charge in [-0.1, -0.05) is 12.1 Å². The number of alkyl halides is 3. The van der Waals surface area contributed by atoms with E-state index in [4.69, 9.17) is 4.74 Å². The van der Waals surface area contributed by atoms with Gasteiger partial charge in [0.1, 0.15) is 5.65 Å². The number of aromatic nitrogens is 4. The Kier molecular flexibility index (Phi) is 4.47. The summed E-state index contributed by atoms with van der Waals surface area (Å²) in [5.41, 5.74) is 2.67. The molecular formula is C21H18F3N5O. The number of halogens is 3. The lowest BCUT2D eigenvalue weighted by Crippen LogP contribution is -2.36. The molecule has 1 saturated heterocycles. The number of fused-ring (bicyclic) bond motifs is 1. The summed E-state index contributed by atoms with van der Waals surface area (Å²) in [7, 11) is 0. The second-order valence-corrected chi connectivity index (χ2v) is 7.13. The van der Waals surface area contributed by atoms with E-state index in [1.54, 1.807) is 6.07 Å². The predicted molar refractivity (Wildman–Crippen MR) is 107 cm³/mol. The van der Waals surface area contributed by atoms with Crippen LogP contribution in [0.25, 0.3) is 33.4 Å². The number of rotatable bonds is 3. The molecular weight excluding hydrogens is 395 g/mol. The molecule has 1 aromatic carbocycles. The van der Waals surface area contributed by atoms with E-state index in [0.717, 1.165) is 30.5 Å². The van der Waals surface area contributed by atoms with Gasteiger partial charge in [0.25, 0.3) is 0 Å². The van der Waals surface area contributed by atoms with Gasteiger partial charge in [0.2, 0.25) is 0 Å². The molecule has 30 heavy (non-hydrogen) atoms. The molecule has 4 aromatic rings. The van der Waals surface area contributed by atoms with Crippen LogP contribution in [0.15, 0.2) is 48.9 Å². The number of nitrogens with zero attached hydrogens (tertiary/aromatic N) is 3. The Morgan fingerprint density at radius 2 is 1.87 bits per heavy atom. The zero-order valence-electron chi connectivity index (χ0n) is 15.8. The van der Waals surface area contributed by atoms with Gasteiger partial charge in [-0.05, 0) is 18.2 Å². The highest BCUT2D eigenvalue weighted by molar-refractivity contribution is 5.97. The Bertz CT molecular complexity index is 1180. The van der Waals surface area contributed by atoms with Crippen molar-refractivity contribution < 1.29 is 17.9 Å². The van der Waals surface area contributed by atoms with Crippen molar-refractivity contribution in [1.29, 1.82) is 0 Å². The van der Waals surface area contributed by atoms with E-state index in [1.165, 1.54) is 12.4 Å². The highest BCUT2D eigenvalue weighted by Gasteiger charge is 2.35. The monoisotopic (exact) mass is 413 g/mol. The largest absolute Gasteiger partial charge is 0.418 e. The first kappa shape index (κ1) is 18.7. The number of ether oxygens (including phenoxy) is 1. The van der Waals surface area contributed by atoms with Gasteiger partial charge in [0, 0.05) is 58.9 Å². The number of hydrogen-bond acceptors (Lipinski definition) is 4. The normalized spacial score (nSPS) is 15.1. The third-order valence-corrected chi connectivity index (χ3v) is 5.28. The molecule has 0 aliphatic carbocycles. The van der Waals surface area contributed by atoms with Gasteiger partial charge in [-0.3, -0.25) is 5.10 Å². The first-order valence-corrected chi connectivity index (χ1v) is 9.52. The number of hydrogen-bond donors (Lipinski definition) is 2.